The maximum atomic E-state index is 12.2. The summed E-state index contributed by atoms with van der Waals surface area (Å²) in [6.07, 6.45) is 2.51. The average Bonchev–Trinajstić information content (AvgIpc) is 2.65. The third kappa shape index (κ3) is 4.83. The van der Waals surface area contributed by atoms with Crippen molar-refractivity contribution in [3.8, 4) is 16.9 Å². The van der Waals surface area contributed by atoms with E-state index >= 15 is 0 Å². The second kappa shape index (κ2) is 8.67. The summed E-state index contributed by atoms with van der Waals surface area (Å²) in [6.45, 7) is 3.54. The molecule has 1 heterocycles. The molecule has 0 saturated carbocycles. The Kier molecular flexibility index (Phi) is 6.07. The molecule has 0 radical (unpaired) electrons. The van der Waals surface area contributed by atoms with Gasteiger partial charge in [0, 0.05) is 17.6 Å². The van der Waals surface area contributed by atoms with Crippen molar-refractivity contribution in [2.24, 2.45) is 0 Å². The van der Waals surface area contributed by atoms with Crippen molar-refractivity contribution in [2.45, 2.75) is 38.3 Å². The monoisotopic (exact) mass is 338 g/mol. The van der Waals surface area contributed by atoms with Crippen molar-refractivity contribution in [1.82, 2.24) is 10.6 Å². The molecule has 4 heteroatoms. The van der Waals surface area contributed by atoms with Gasteiger partial charge in [-0.25, -0.2) is 0 Å². The number of ether oxygens (including phenoxy) is 1. The summed E-state index contributed by atoms with van der Waals surface area (Å²) in [5.74, 6) is 0.868. The zero-order valence-electron chi connectivity index (χ0n) is 14.7. The Balaban J connectivity index is 1.53. The van der Waals surface area contributed by atoms with Gasteiger partial charge in [0.2, 0.25) is 5.91 Å². The number of carbonyl (C=O) groups is 1. The summed E-state index contributed by atoms with van der Waals surface area (Å²) >= 11 is 0. The highest BCUT2D eigenvalue weighted by Crippen LogP contribution is 2.29. The Morgan fingerprint density at radius 3 is 2.72 bits per heavy atom. The molecule has 0 bridgehead atoms. The topological polar surface area (TPSA) is 50.4 Å². The zero-order valence-corrected chi connectivity index (χ0v) is 14.7. The SMILES string of the molecule is CC1NCCCC1NC(=O)CCOc1ccccc1-c1ccccc1. The second-order valence-corrected chi connectivity index (χ2v) is 6.52. The van der Waals surface area contributed by atoms with E-state index in [1.165, 1.54) is 0 Å². The molecule has 0 aliphatic carbocycles. The molecule has 132 valence electrons. The zero-order chi connectivity index (χ0) is 17.5. The second-order valence-electron chi connectivity index (χ2n) is 6.52. The van der Waals surface area contributed by atoms with Gasteiger partial charge in [0.15, 0.2) is 0 Å². The molecule has 2 unspecified atom stereocenters. The summed E-state index contributed by atoms with van der Waals surface area (Å²) in [6, 6.07) is 18.6. The molecule has 0 spiro atoms. The minimum absolute atomic E-state index is 0.0535. The Morgan fingerprint density at radius 1 is 1.16 bits per heavy atom. The maximum Gasteiger partial charge on any atom is 0.223 e. The highest BCUT2D eigenvalue weighted by atomic mass is 16.5. The van der Waals surface area contributed by atoms with Crippen molar-refractivity contribution in [1.29, 1.82) is 0 Å². The Morgan fingerprint density at radius 2 is 1.92 bits per heavy atom. The van der Waals surface area contributed by atoms with Gasteiger partial charge in [0.1, 0.15) is 5.75 Å². The maximum absolute atomic E-state index is 12.2. The standard InChI is InChI=1S/C21H26N2O2/c1-16-19(11-7-14-22-16)23-21(24)13-15-25-20-12-6-5-10-18(20)17-8-3-2-4-9-17/h2-6,8-10,12,16,19,22H,7,11,13-15H2,1H3,(H,23,24). The largest absolute Gasteiger partial charge is 0.492 e. The Hall–Kier alpha value is -2.33. The Labute approximate surface area is 149 Å². The van der Waals surface area contributed by atoms with Crippen molar-refractivity contribution in [3.63, 3.8) is 0 Å². The summed E-state index contributed by atoms with van der Waals surface area (Å²) in [5, 5.41) is 6.52. The van der Waals surface area contributed by atoms with E-state index in [1.54, 1.807) is 0 Å². The molecule has 25 heavy (non-hydrogen) atoms. The lowest BCUT2D eigenvalue weighted by molar-refractivity contribution is -0.122. The molecule has 2 atom stereocenters. The summed E-state index contributed by atoms with van der Waals surface area (Å²) in [4.78, 5) is 12.2. The number of amides is 1. The van der Waals surface area contributed by atoms with Crippen LogP contribution in [-0.2, 0) is 4.79 Å². The molecule has 1 saturated heterocycles. The molecule has 2 N–H and O–H groups in total. The average molecular weight is 338 g/mol. The predicted octanol–water partition coefficient (Wildman–Crippen LogP) is 3.38. The van der Waals surface area contributed by atoms with Crippen molar-refractivity contribution < 1.29 is 9.53 Å². The smallest absolute Gasteiger partial charge is 0.223 e. The van der Waals surface area contributed by atoms with Gasteiger partial charge < -0.3 is 15.4 Å². The van der Waals surface area contributed by atoms with Crippen LogP contribution in [0.4, 0.5) is 0 Å². The molecule has 1 amide bonds. The number of rotatable bonds is 6. The quantitative estimate of drug-likeness (QED) is 0.849. The van der Waals surface area contributed by atoms with Crippen LogP contribution in [0.25, 0.3) is 11.1 Å². The number of carbonyl (C=O) groups excluding carboxylic acids is 1. The van der Waals surface area contributed by atoms with Gasteiger partial charge in [-0.3, -0.25) is 4.79 Å². The molecule has 2 aromatic rings. The fourth-order valence-electron chi connectivity index (χ4n) is 3.22. The third-order valence-electron chi connectivity index (χ3n) is 4.67. The fraction of sp³-hybridized carbons (Fsp3) is 0.381. The van der Waals surface area contributed by atoms with Crippen LogP contribution >= 0.6 is 0 Å². The number of para-hydroxylation sites is 1. The highest BCUT2D eigenvalue weighted by molar-refractivity contribution is 5.76. The third-order valence-corrected chi connectivity index (χ3v) is 4.67. The van der Waals surface area contributed by atoms with Gasteiger partial charge in [-0.15, -0.1) is 0 Å². The van der Waals surface area contributed by atoms with Crippen LogP contribution < -0.4 is 15.4 Å². The van der Waals surface area contributed by atoms with Crippen LogP contribution in [-0.4, -0.2) is 31.1 Å². The lowest BCUT2D eigenvalue weighted by atomic mass is 10.00. The van der Waals surface area contributed by atoms with Crippen LogP contribution in [0.2, 0.25) is 0 Å². The van der Waals surface area contributed by atoms with Crippen molar-refractivity contribution in [3.05, 3.63) is 54.6 Å². The fourth-order valence-corrected chi connectivity index (χ4v) is 3.22. The number of piperidine rings is 1. The number of nitrogens with one attached hydrogen (secondary N) is 2. The normalized spacial score (nSPS) is 20.0. The van der Waals surface area contributed by atoms with Crippen molar-refractivity contribution in [2.75, 3.05) is 13.2 Å². The van der Waals surface area contributed by atoms with Gasteiger partial charge in [-0.1, -0.05) is 48.5 Å². The molecule has 3 rings (SSSR count). The van der Waals surface area contributed by atoms with Gasteiger partial charge >= 0.3 is 0 Å². The van der Waals surface area contributed by atoms with E-state index in [-0.39, 0.29) is 11.9 Å². The first-order valence-corrected chi connectivity index (χ1v) is 9.04. The molecular formula is C21H26N2O2. The van der Waals surface area contributed by atoms with E-state index in [0.717, 1.165) is 36.3 Å². The van der Waals surface area contributed by atoms with Crippen LogP contribution in [0.5, 0.6) is 5.75 Å². The predicted molar refractivity (Wildman–Crippen MR) is 101 cm³/mol. The lowest BCUT2D eigenvalue weighted by Crippen LogP contribution is -2.52. The number of hydrogen-bond acceptors (Lipinski definition) is 3. The van der Waals surface area contributed by atoms with Crippen LogP contribution in [0.3, 0.4) is 0 Å². The van der Waals surface area contributed by atoms with E-state index in [4.69, 9.17) is 4.74 Å². The summed E-state index contributed by atoms with van der Waals surface area (Å²) < 4.78 is 5.90. The van der Waals surface area contributed by atoms with E-state index in [1.807, 2.05) is 42.5 Å². The molecule has 4 nitrogen and oxygen atoms in total. The first-order chi connectivity index (χ1) is 12.2. The molecule has 1 aliphatic rings. The van der Waals surface area contributed by atoms with Crippen LogP contribution in [0, 0.1) is 0 Å². The van der Waals surface area contributed by atoms with Crippen molar-refractivity contribution >= 4 is 5.91 Å². The Bertz CT molecular complexity index is 687. The van der Waals surface area contributed by atoms with E-state index < -0.39 is 0 Å². The summed E-state index contributed by atoms with van der Waals surface area (Å²) in [7, 11) is 0. The van der Waals surface area contributed by atoms with Gasteiger partial charge in [0.25, 0.3) is 0 Å². The van der Waals surface area contributed by atoms with Gasteiger partial charge in [-0.05, 0) is 37.9 Å². The lowest BCUT2D eigenvalue weighted by Gasteiger charge is -2.30. The first kappa shape index (κ1) is 17.5. The van der Waals surface area contributed by atoms with Crippen LogP contribution in [0.15, 0.2) is 54.6 Å². The van der Waals surface area contributed by atoms with E-state index in [2.05, 4.69) is 29.7 Å². The summed E-state index contributed by atoms with van der Waals surface area (Å²) in [5.41, 5.74) is 2.17. The van der Waals surface area contributed by atoms with Gasteiger partial charge in [0.05, 0.1) is 13.0 Å². The molecule has 2 aromatic carbocycles. The molecule has 0 aromatic heterocycles. The highest BCUT2D eigenvalue weighted by Gasteiger charge is 2.22. The number of hydrogen-bond donors (Lipinski definition) is 2. The van der Waals surface area contributed by atoms with E-state index in [0.29, 0.717) is 19.1 Å². The minimum atomic E-state index is 0.0535. The van der Waals surface area contributed by atoms with E-state index in [9.17, 15) is 4.79 Å². The minimum Gasteiger partial charge on any atom is -0.492 e. The van der Waals surface area contributed by atoms with Crippen LogP contribution in [0.1, 0.15) is 26.2 Å². The first-order valence-electron chi connectivity index (χ1n) is 9.04. The molecule has 1 aliphatic heterocycles. The molecular weight excluding hydrogens is 312 g/mol. The molecule has 1 fully saturated rings. The van der Waals surface area contributed by atoms with Gasteiger partial charge in [-0.2, -0.15) is 0 Å². The number of benzene rings is 2.